The maximum Gasteiger partial charge on any atom is 0.229 e. The third-order valence-corrected chi connectivity index (χ3v) is 5.38. The van der Waals surface area contributed by atoms with Crippen LogP contribution in [0.15, 0.2) is 24.7 Å². The number of carbonyl (C=O) groups is 1. The molecule has 1 N–H and O–H groups in total. The van der Waals surface area contributed by atoms with Gasteiger partial charge >= 0.3 is 0 Å². The molecule has 0 aromatic carbocycles. The molecule has 28 heavy (non-hydrogen) atoms. The summed E-state index contributed by atoms with van der Waals surface area (Å²) in [6.07, 6.45) is 8.95. The average Bonchev–Trinajstić information content (AvgIpc) is 3.21. The van der Waals surface area contributed by atoms with Crippen molar-refractivity contribution in [2.24, 2.45) is 7.05 Å². The Morgan fingerprint density at radius 2 is 2.14 bits per heavy atom. The molecule has 9 nitrogen and oxygen atoms in total. The Hall–Kier alpha value is -3.15. The van der Waals surface area contributed by atoms with Gasteiger partial charge in [0.15, 0.2) is 0 Å². The maximum atomic E-state index is 12.6. The van der Waals surface area contributed by atoms with Gasteiger partial charge in [-0.05, 0) is 25.3 Å². The van der Waals surface area contributed by atoms with E-state index in [1.807, 2.05) is 19.3 Å². The van der Waals surface area contributed by atoms with Crippen molar-refractivity contribution >= 4 is 23.4 Å². The first-order valence-electron chi connectivity index (χ1n) is 9.66. The van der Waals surface area contributed by atoms with Crippen LogP contribution in [0.25, 0.3) is 0 Å². The molecular formula is C19H24N8O. The van der Waals surface area contributed by atoms with Crippen LogP contribution in [0, 0.1) is 11.3 Å². The van der Waals surface area contributed by atoms with Crippen LogP contribution in [0.3, 0.4) is 0 Å². The molecule has 0 unspecified atom stereocenters. The molecule has 4 rings (SSSR count). The topological polar surface area (TPSA) is 103 Å². The SMILES string of the molecule is Cn1cc(Nc2nccc(N3C[C@H]4CC[C@@H](C3)N4C(=O)CCCC#N)n2)cn1. The Morgan fingerprint density at radius 1 is 1.36 bits per heavy atom. The number of nitrogens with one attached hydrogen (secondary N) is 1. The second-order valence-electron chi connectivity index (χ2n) is 7.37. The van der Waals surface area contributed by atoms with Crippen molar-refractivity contribution in [3.63, 3.8) is 0 Å². The molecule has 2 saturated heterocycles. The normalized spacial score (nSPS) is 20.9. The minimum absolute atomic E-state index is 0.184. The van der Waals surface area contributed by atoms with Crippen LogP contribution < -0.4 is 10.2 Å². The number of piperazine rings is 1. The summed E-state index contributed by atoms with van der Waals surface area (Å²) in [6.45, 7) is 1.56. The molecule has 146 valence electrons. The van der Waals surface area contributed by atoms with E-state index in [1.165, 1.54) is 0 Å². The van der Waals surface area contributed by atoms with Crippen molar-refractivity contribution in [3.8, 4) is 6.07 Å². The van der Waals surface area contributed by atoms with Gasteiger partial charge in [0.1, 0.15) is 5.82 Å². The van der Waals surface area contributed by atoms with E-state index in [2.05, 4.69) is 36.3 Å². The van der Waals surface area contributed by atoms with E-state index in [0.29, 0.717) is 25.2 Å². The summed E-state index contributed by atoms with van der Waals surface area (Å²) in [5.41, 5.74) is 0.840. The second-order valence-corrected chi connectivity index (χ2v) is 7.37. The lowest BCUT2D eigenvalue weighted by Crippen LogP contribution is -2.56. The van der Waals surface area contributed by atoms with E-state index in [1.54, 1.807) is 17.1 Å². The van der Waals surface area contributed by atoms with E-state index < -0.39 is 0 Å². The molecule has 2 aliphatic heterocycles. The molecule has 2 bridgehead atoms. The largest absolute Gasteiger partial charge is 0.352 e. The molecule has 2 aromatic heterocycles. The Kier molecular flexibility index (Phi) is 5.10. The van der Waals surface area contributed by atoms with E-state index in [4.69, 9.17) is 5.26 Å². The van der Waals surface area contributed by atoms with Gasteiger partial charge in [-0.2, -0.15) is 15.3 Å². The molecule has 0 aliphatic carbocycles. The fourth-order valence-corrected chi connectivity index (χ4v) is 4.15. The van der Waals surface area contributed by atoms with Gasteiger partial charge in [0, 0.05) is 57.5 Å². The lowest BCUT2D eigenvalue weighted by Gasteiger charge is -2.41. The molecule has 4 heterocycles. The third kappa shape index (κ3) is 3.76. The van der Waals surface area contributed by atoms with E-state index in [0.717, 1.165) is 37.4 Å². The van der Waals surface area contributed by atoms with Crippen molar-refractivity contribution in [3.05, 3.63) is 24.7 Å². The summed E-state index contributed by atoms with van der Waals surface area (Å²) in [6, 6.07) is 4.47. The first kappa shape index (κ1) is 18.2. The van der Waals surface area contributed by atoms with Gasteiger partial charge in [-0.15, -0.1) is 0 Å². The maximum absolute atomic E-state index is 12.6. The van der Waals surface area contributed by atoms with E-state index >= 15 is 0 Å². The number of aryl methyl sites for hydroxylation is 1. The highest BCUT2D eigenvalue weighted by atomic mass is 16.2. The van der Waals surface area contributed by atoms with Crippen molar-refractivity contribution in [2.75, 3.05) is 23.3 Å². The van der Waals surface area contributed by atoms with Crippen LogP contribution in [-0.4, -0.2) is 55.7 Å². The number of amides is 1. The molecule has 2 aromatic rings. The van der Waals surface area contributed by atoms with Gasteiger partial charge in [0.25, 0.3) is 0 Å². The van der Waals surface area contributed by atoms with Gasteiger partial charge in [-0.25, -0.2) is 4.98 Å². The highest BCUT2D eigenvalue weighted by Crippen LogP contribution is 2.33. The quantitative estimate of drug-likeness (QED) is 0.763. The van der Waals surface area contributed by atoms with Crippen molar-refractivity contribution in [1.29, 1.82) is 5.26 Å². The van der Waals surface area contributed by atoms with Crippen LogP contribution in [0.2, 0.25) is 0 Å². The predicted octanol–water partition coefficient (Wildman–Crippen LogP) is 1.83. The zero-order chi connectivity index (χ0) is 19.5. The van der Waals surface area contributed by atoms with Crippen molar-refractivity contribution < 1.29 is 4.79 Å². The number of hydrogen-bond acceptors (Lipinski definition) is 7. The van der Waals surface area contributed by atoms with Gasteiger partial charge in [0.05, 0.1) is 18.0 Å². The number of anilines is 3. The van der Waals surface area contributed by atoms with E-state index in [9.17, 15) is 4.79 Å². The Labute approximate surface area is 164 Å². The van der Waals surface area contributed by atoms with Crippen molar-refractivity contribution in [2.45, 2.75) is 44.2 Å². The first-order valence-corrected chi connectivity index (χ1v) is 9.66. The number of carbonyl (C=O) groups excluding carboxylic acids is 1. The summed E-state index contributed by atoms with van der Waals surface area (Å²) >= 11 is 0. The van der Waals surface area contributed by atoms with Gasteiger partial charge in [-0.1, -0.05) is 0 Å². The zero-order valence-electron chi connectivity index (χ0n) is 16.0. The molecule has 2 atom stereocenters. The summed E-state index contributed by atoms with van der Waals surface area (Å²) in [7, 11) is 1.86. The summed E-state index contributed by atoms with van der Waals surface area (Å²) in [5, 5.41) is 16.0. The number of nitrogens with zero attached hydrogens (tertiary/aromatic N) is 7. The Morgan fingerprint density at radius 3 is 2.82 bits per heavy atom. The average molecular weight is 380 g/mol. The highest BCUT2D eigenvalue weighted by Gasteiger charge is 2.42. The smallest absolute Gasteiger partial charge is 0.229 e. The minimum atomic E-state index is 0.184. The zero-order valence-corrected chi connectivity index (χ0v) is 16.0. The van der Waals surface area contributed by atoms with Crippen LogP contribution in [-0.2, 0) is 11.8 Å². The minimum Gasteiger partial charge on any atom is -0.352 e. The number of hydrogen-bond donors (Lipinski definition) is 1. The van der Waals surface area contributed by atoms with Crippen molar-refractivity contribution in [1.82, 2.24) is 24.6 Å². The fourth-order valence-electron chi connectivity index (χ4n) is 4.15. The standard InChI is InChI=1S/C19H24N8O/c1-25-11-14(10-22-25)23-19-21-9-7-17(24-19)26-12-15-5-6-16(13-26)27(15)18(28)4-2-3-8-20/h7,9-11,15-16H,2-6,12-13H2,1H3,(H,21,23,24)/t15-,16+. The Balaban J connectivity index is 1.42. The number of rotatable bonds is 6. The molecule has 2 aliphatic rings. The molecule has 0 saturated carbocycles. The van der Waals surface area contributed by atoms with Crippen LogP contribution in [0.1, 0.15) is 32.1 Å². The lowest BCUT2D eigenvalue weighted by molar-refractivity contribution is -0.134. The predicted molar refractivity (Wildman–Crippen MR) is 104 cm³/mol. The number of fused-ring (bicyclic) bond motifs is 2. The van der Waals surface area contributed by atoms with Crippen LogP contribution in [0.4, 0.5) is 17.5 Å². The van der Waals surface area contributed by atoms with Crippen LogP contribution >= 0.6 is 0 Å². The number of nitriles is 1. The molecule has 1 amide bonds. The molecule has 9 heteroatoms. The van der Waals surface area contributed by atoms with Gasteiger partial charge < -0.3 is 15.1 Å². The van der Waals surface area contributed by atoms with E-state index in [-0.39, 0.29) is 18.0 Å². The Bertz CT molecular complexity index is 874. The highest BCUT2D eigenvalue weighted by molar-refractivity contribution is 5.77. The second kappa shape index (κ2) is 7.84. The molecule has 0 spiro atoms. The van der Waals surface area contributed by atoms with Crippen LogP contribution in [0.5, 0.6) is 0 Å². The number of aromatic nitrogens is 4. The molecule has 2 fully saturated rings. The lowest BCUT2D eigenvalue weighted by atomic mass is 10.1. The first-order chi connectivity index (χ1) is 13.6. The summed E-state index contributed by atoms with van der Waals surface area (Å²) < 4.78 is 1.72. The summed E-state index contributed by atoms with van der Waals surface area (Å²) in [4.78, 5) is 25.9. The van der Waals surface area contributed by atoms with Gasteiger partial charge in [0.2, 0.25) is 11.9 Å². The monoisotopic (exact) mass is 380 g/mol. The third-order valence-electron chi connectivity index (χ3n) is 5.38. The fraction of sp³-hybridized carbons (Fsp3) is 0.526. The van der Waals surface area contributed by atoms with Gasteiger partial charge in [-0.3, -0.25) is 9.48 Å². The number of unbranched alkanes of at least 4 members (excludes halogenated alkanes) is 1. The molecule has 0 radical (unpaired) electrons. The molecular weight excluding hydrogens is 356 g/mol. The summed E-state index contributed by atoms with van der Waals surface area (Å²) in [5.74, 6) is 1.59.